The number of morpholine rings is 1. The quantitative estimate of drug-likeness (QED) is 0.745. The third-order valence-corrected chi connectivity index (χ3v) is 5.15. The number of benzene rings is 1. The van der Waals surface area contributed by atoms with Crippen molar-refractivity contribution in [2.45, 2.75) is 12.6 Å². The van der Waals surface area contributed by atoms with E-state index in [1.54, 1.807) is 6.33 Å². The molecule has 4 rings (SSSR count). The predicted octanol–water partition coefficient (Wildman–Crippen LogP) is 2.60. The molecule has 1 aliphatic heterocycles. The van der Waals surface area contributed by atoms with Gasteiger partial charge in [0.05, 0.1) is 6.61 Å². The third kappa shape index (κ3) is 2.54. The van der Waals surface area contributed by atoms with E-state index in [0.29, 0.717) is 0 Å². The summed E-state index contributed by atoms with van der Waals surface area (Å²) in [7, 11) is 1.96. The molecule has 0 N–H and O–H groups in total. The molecule has 6 heteroatoms. The Kier molecular flexibility index (Phi) is 3.65. The first-order valence-corrected chi connectivity index (χ1v) is 8.32. The lowest BCUT2D eigenvalue weighted by Gasteiger charge is -2.32. The van der Waals surface area contributed by atoms with Crippen molar-refractivity contribution in [2.75, 3.05) is 19.7 Å². The Hall–Kier alpha value is -1.76. The molecule has 0 spiro atoms. The van der Waals surface area contributed by atoms with E-state index in [-0.39, 0.29) is 6.10 Å². The summed E-state index contributed by atoms with van der Waals surface area (Å²) in [6.07, 6.45) is 1.73. The van der Waals surface area contributed by atoms with Crippen LogP contribution in [-0.2, 0) is 18.3 Å². The Morgan fingerprint density at radius 1 is 1.36 bits per heavy atom. The molecule has 0 bridgehead atoms. The minimum atomic E-state index is 0.00569. The Labute approximate surface area is 133 Å². The van der Waals surface area contributed by atoms with Gasteiger partial charge in [0.25, 0.3) is 0 Å². The largest absolute Gasteiger partial charge is 0.368 e. The Balaban J connectivity index is 1.52. The molecular weight excluding hydrogens is 296 g/mol. The van der Waals surface area contributed by atoms with Crippen LogP contribution in [0.2, 0.25) is 0 Å². The van der Waals surface area contributed by atoms with Gasteiger partial charge < -0.3 is 9.30 Å². The molecule has 114 valence electrons. The van der Waals surface area contributed by atoms with E-state index < -0.39 is 0 Å². The van der Waals surface area contributed by atoms with Gasteiger partial charge in [-0.15, -0.1) is 21.5 Å². The zero-order valence-electron chi connectivity index (χ0n) is 12.5. The average Bonchev–Trinajstić information content (AvgIpc) is 3.15. The first-order valence-electron chi connectivity index (χ1n) is 7.44. The Morgan fingerprint density at radius 2 is 2.27 bits per heavy atom. The highest BCUT2D eigenvalue weighted by molar-refractivity contribution is 7.17. The minimum Gasteiger partial charge on any atom is -0.368 e. The van der Waals surface area contributed by atoms with Crippen LogP contribution in [0.3, 0.4) is 0 Å². The predicted molar refractivity (Wildman–Crippen MR) is 86.8 cm³/mol. The van der Waals surface area contributed by atoms with Crippen molar-refractivity contribution in [3.8, 4) is 0 Å². The number of rotatable bonds is 3. The lowest BCUT2D eigenvalue weighted by Crippen LogP contribution is -2.38. The minimum absolute atomic E-state index is 0.00569. The second-order valence-electron chi connectivity index (χ2n) is 5.65. The Morgan fingerprint density at radius 3 is 3.14 bits per heavy atom. The normalized spacial score (nSPS) is 19.8. The number of hydrogen-bond donors (Lipinski definition) is 0. The molecule has 0 aliphatic carbocycles. The van der Waals surface area contributed by atoms with Crippen LogP contribution < -0.4 is 0 Å². The fraction of sp³-hybridized carbons (Fsp3) is 0.375. The van der Waals surface area contributed by atoms with Gasteiger partial charge in [-0.05, 0) is 22.4 Å². The molecule has 0 saturated carbocycles. The smallest absolute Gasteiger partial charge is 0.163 e. The van der Waals surface area contributed by atoms with Gasteiger partial charge in [-0.25, -0.2) is 0 Å². The fourth-order valence-corrected chi connectivity index (χ4v) is 3.94. The second-order valence-corrected chi connectivity index (χ2v) is 6.56. The van der Waals surface area contributed by atoms with Gasteiger partial charge in [0, 0.05) is 31.4 Å². The Bertz CT molecular complexity index is 781. The van der Waals surface area contributed by atoms with Gasteiger partial charge in [-0.3, -0.25) is 4.90 Å². The van der Waals surface area contributed by atoms with Crippen molar-refractivity contribution in [3.63, 3.8) is 0 Å². The molecular formula is C16H18N4OS. The lowest BCUT2D eigenvalue weighted by molar-refractivity contribution is -0.0384. The maximum Gasteiger partial charge on any atom is 0.163 e. The van der Waals surface area contributed by atoms with Gasteiger partial charge in [0.1, 0.15) is 12.4 Å². The molecule has 1 atom stereocenters. The van der Waals surface area contributed by atoms with E-state index in [1.165, 1.54) is 15.6 Å². The molecule has 22 heavy (non-hydrogen) atoms. The number of hydrogen-bond acceptors (Lipinski definition) is 5. The van der Waals surface area contributed by atoms with Crippen molar-refractivity contribution >= 4 is 21.4 Å². The van der Waals surface area contributed by atoms with Gasteiger partial charge in [-0.2, -0.15) is 0 Å². The molecule has 1 aliphatic rings. The van der Waals surface area contributed by atoms with E-state index in [0.717, 1.165) is 32.1 Å². The van der Waals surface area contributed by atoms with Crippen LogP contribution in [0.25, 0.3) is 10.1 Å². The fourth-order valence-electron chi connectivity index (χ4n) is 2.98. The maximum absolute atomic E-state index is 5.88. The van der Waals surface area contributed by atoms with E-state index in [4.69, 9.17) is 4.74 Å². The van der Waals surface area contributed by atoms with Gasteiger partial charge >= 0.3 is 0 Å². The summed E-state index contributed by atoms with van der Waals surface area (Å²) in [4.78, 5) is 2.44. The summed E-state index contributed by atoms with van der Waals surface area (Å²) >= 11 is 1.82. The topological polar surface area (TPSA) is 43.2 Å². The van der Waals surface area contributed by atoms with Crippen LogP contribution in [0, 0.1) is 0 Å². The van der Waals surface area contributed by atoms with Crippen LogP contribution in [0.15, 0.2) is 36.0 Å². The zero-order valence-corrected chi connectivity index (χ0v) is 13.3. The number of fused-ring (bicyclic) bond motifs is 1. The van der Waals surface area contributed by atoms with Crippen LogP contribution in [0.1, 0.15) is 17.5 Å². The second kappa shape index (κ2) is 5.79. The monoisotopic (exact) mass is 314 g/mol. The van der Waals surface area contributed by atoms with Crippen LogP contribution >= 0.6 is 11.3 Å². The molecule has 3 heterocycles. The average molecular weight is 314 g/mol. The standard InChI is InChI=1S/C16H18N4OS/c1-19-11-17-18-16(19)14-9-20(6-7-21-14)8-12-10-22-15-5-3-2-4-13(12)15/h2-5,10-11,14H,6-9H2,1H3/t14-/m1/s1. The van der Waals surface area contributed by atoms with Crippen LogP contribution in [0.5, 0.6) is 0 Å². The molecule has 0 unspecified atom stereocenters. The van der Waals surface area contributed by atoms with Crippen molar-refractivity contribution in [1.82, 2.24) is 19.7 Å². The van der Waals surface area contributed by atoms with E-state index in [2.05, 4.69) is 44.7 Å². The third-order valence-electron chi connectivity index (χ3n) is 4.14. The van der Waals surface area contributed by atoms with Gasteiger partial charge in [0.2, 0.25) is 0 Å². The maximum atomic E-state index is 5.88. The number of nitrogens with zero attached hydrogens (tertiary/aromatic N) is 4. The number of aromatic nitrogens is 3. The molecule has 1 saturated heterocycles. The molecule has 1 aromatic carbocycles. The SMILES string of the molecule is Cn1cnnc1[C@H]1CN(Cc2csc3ccccc23)CCO1. The zero-order chi connectivity index (χ0) is 14.9. The van der Waals surface area contributed by atoms with Crippen molar-refractivity contribution < 1.29 is 4.74 Å². The molecule has 3 aromatic rings. The molecule has 0 amide bonds. The number of ether oxygens (including phenoxy) is 1. The van der Waals surface area contributed by atoms with E-state index in [9.17, 15) is 0 Å². The molecule has 2 aromatic heterocycles. The summed E-state index contributed by atoms with van der Waals surface area (Å²) in [5.41, 5.74) is 1.40. The molecule has 0 radical (unpaired) electrons. The molecule has 1 fully saturated rings. The highest BCUT2D eigenvalue weighted by Gasteiger charge is 2.25. The van der Waals surface area contributed by atoms with Crippen LogP contribution in [-0.4, -0.2) is 39.4 Å². The molecule has 5 nitrogen and oxygen atoms in total. The van der Waals surface area contributed by atoms with Gasteiger partial charge in [0.15, 0.2) is 5.82 Å². The summed E-state index contributed by atoms with van der Waals surface area (Å²) < 4.78 is 9.17. The van der Waals surface area contributed by atoms with Crippen LogP contribution in [0.4, 0.5) is 0 Å². The lowest BCUT2D eigenvalue weighted by atomic mass is 10.1. The van der Waals surface area contributed by atoms with E-state index in [1.807, 2.05) is 23.0 Å². The van der Waals surface area contributed by atoms with E-state index >= 15 is 0 Å². The highest BCUT2D eigenvalue weighted by atomic mass is 32.1. The first-order chi connectivity index (χ1) is 10.8. The summed E-state index contributed by atoms with van der Waals surface area (Å²) in [6.45, 7) is 3.51. The van der Waals surface area contributed by atoms with Crippen molar-refractivity contribution in [1.29, 1.82) is 0 Å². The number of thiophene rings is 1. The van der Waals surface area contributed by atoms with Gasteiger partial charge in [-0.1, -0.05) is 18.2 Å². The van der Waals surface area contributed by atoms with Crippen molar-refractivity contribution in [2.24, 2.45) is 7.05 Å². The number of aryl methyl sites for hydroxylation is 1. The summed E-state index contributed by atoms with van der Waals surface area (Å²) in [5, 5.41) is 11.8. The highest BCUT2D eigenvalue weighted by Crippen LogP contribution is 2.28. The summed E-state index contributed by atoms with van der Waals surface area (Å²) in [6, 6.07) is 8.61. The summed E-state index contributed by atoms with van der Waals surface area (Å²) in [5.74, 6) is 0.903. The van der Waals surface area contributed by atoms with Crippen molar-refractivity contribution in [3.05, 3.63) is 47.4 Å². The first kappa shape index (κ1) is 13.9.